The van der Waals surface area contributed by atoms with Gasteiger partial charge in [0.05, 0.1) is 5.56 Å². The van der Waals surface area contributed by atoms with E-state index in [1.165, 1.54) is 159 Å². The van der Waals surface area contributed by atoms with Gasteiger partial charge in [-0.25, -0.2) is 15.0 Å². The van der Waals surface area contributed by atoms with Crippen molar-refractivity contribution in [3.8, 4) is 56.4 Å². The fourth-order valence-electron chi connectivity index (χ4n) is 15.6. The minimum atomic E-state index is 0.590. The first-order chi connectivity index (χ1) is 40.3. The predicted octanol–water partition coefficient (Wildman–Crippen LogP) is -36.6. The number of hydrogen-bond acceptors (Lipinski definition) is 6. The summed E-state index contributed by atoms with van der Waals surface area (Å²) in [4.78, 5) is 17.2. The van der Waals surface area contributed by atoms with Crippen molar-refractivity contribution in [2.75, 3.05) is 0 Å². The van der Waals surface area contributed by atoms with Gasteiger partial charge in [0.1, 0.15) is 261 Å². The van der Waals surface area contributed by atoms with E-state index in [0.29, 0.717) is 17.5 Å². The molecule has 0 unspecified atom stereocenters. The summed E-state index contributed by atoms with van der Waals surface area (Å²) in [6.07, 6.45) is 0. The lowest BCUT2D eigenvalue weighted by Crippen LogP contribution is -2.55. The molecule has 6 nitrogen and oxygen atoms in total. The van der Waals surface area contributed by atoms with E-state index in [-0.39, 0.29) is 0 Å². The first kappa shape index (κ1) is 60.3. The number of nitrogens with zero attached hydrogens (tertiary/aromatic N) is 3. The van der Waals surface area contributed by atoms with Crippen LogP contribution in [0.3, 0.4) is 0 Å². The second-order valence-electron chi connectivity index (χ2n) is 26.6. The van der Waals surface area contributed by atoms with Crippen molar-refractivity contribution in [3.63, 3.8) is 0 Å². The summed E-state index contributed by atoms with van der Waals surface area (Å²) >= 11 is 0. The van der Waals surface area contributed by atoms with E-state index >= 15 is 0 Å². The van der Waals surface area contributed by atoms with Crippen LogP contribution in [0.4, 0.5) is 0 Å². The van der Waals surface area contributed by atoms with Gasteiger partial charge < -0.3 is 13.3 Å². The summed E-state index contributed by atoms with van der Waals surface area (Å²) < 4.78 is 22.3. The van der Waals surface area contributed by atoms with Gasteiger partial charge in [0.2, 0.25) is 0 Å². The second-order valence-corrected chi connectivity index (χ2v) is 26.6. The van der Waals surface area contributed by atoms with Crippen LogP contribution in [0.5, 0.6) is 0 Å². The molecule has 382 valence electrons. The molecule has 0 spiro atoms. The van der Waals surface area contributed by atoms with Gasteiger partial charge >= 0.3 is 0 Å². The number of rotatable bonds is 5. The van der Waals surface area contributed by atoms with Crippen LogP contribution in [-0.2, 0) is 0 Å². The molecule has 0 bridgehead atoms. The summed E-state index contributed by atoms with van der Waals surface area (Å²) in [5.41, 5.74) is 48.8. The van der Waals surface area contributed by atoms with Crippen molar-refractivity contribution in [2.45, 2.75) is 0 Å². The minimum Gasteiger partial charge on any atom is -0.457 e. The van der Waals surface area contributed by atoms with Crippen LogP contribution in [0.25, 0.3) is 122 Å². The highest BCUT2D eigenvalue weighted by molar-refractivity contribution is 6.75. The Morgan fingerprint density at radius 2 is 0.349 bits per heavy atom. The van der Waals surface area contributed by atoms with Gasteiger partial charge in [0.15, 0.2) is 17.5 Å². The third kappa shape index (κ3) is 7.91. The molecule has 0 saturated heterocycles. The highest BCUT2D eigenvalue weighted by Gasteiger charge is 2.33. The minimum absolute atomic E-state index is 0.590. The summed E-state index contributed by atoms with van der Waals surface area (Å²) in [6, 6.07) is 0. The molecule has 0 atom stereocenters. The normalized spacial score (nSPS) is 11.9. The average molecular weight is 1070 g/mol. The lowest BCUT2D eigenvalue weighted by molar-refractivity contribution is 0.672. The van der Waals surface area contributed by atoms with Crippen molar-refractivity contribution < 1.29 is 13.3 Å². The van der Waals surface area contributed by atoms with Crippen molar-refractivity contribution in [3.05, 3.63) is 0 Å². The third-order valence-electron chi connectivity index (χ3n) is 23.3. The van der Waals surface area contributed by atoms with E-state index in [2.05, 4.69) is 228 Å². The molecule has 0 fully saturated rings. The highest BCUT2D eigenvalue weighted by atomic mass is 16.3. The molecular formula is C51H58B29N3O3. The molecule has 4 aromatic heterocycles. The van der Waals surface area contributed by atoms with Crippen molar-refractivity contribution in [1.29, 1.82) is 0 Å². The molecule has 35 heteroatoms. The molecule has 86 heavy (non-hydrogen) atoms. The van der Waals surface area contributed by atoms with E-state index in [9.17, 15) is 0 Å². The lowest BCUT2D eigenvalue weighted by Gasteiger charge is -2.25. The molecular weight excluding hydrogens is 1020 g/mol. The lowest BCUT2D eigenvalue weighted by atomic mass is 9.58. The quantitative estimate of drug-likeness (QED) is 0.160. The maximum Gasteiger partial charge on any atom is 0.167 e. The molecule has 4 heterocycles. The van der Waals surface area contributed by atoms with Crippen LogP contribution in [-0.4, -0.2) is 242 Å². The number of aromatic nitrogens is 3. The third-order valence-corrected chi connectivity index (χ3v) is 23.3. The maximum atomic E-state index is 7.76. The SMILES string of the molecule is Bc1c(B)c(B)c(-c2nc(-c3c(B)c(B)c(B)c4c3oc3c(B)c(-c5c(B)c(B)c(-c6c(B)c(B)c(B)c(B)c6B)c6oc7c(B)c(B)c(B)c(B)c7c56)c(B)c(B)c34)nc(-c3c(B)c(B)c(B)c4oc5c(B)c(B)c(B)c(B)c5c34)n2)c(B)c1B. The van der Waals surface area contributed by atoms with E-state index in [4.69, 9.17) is 28.2 Å². The van der Waals surface area contributed by atoms with Gasteiger partial charge in [0.25, 0.3) is 0 Å². The molecule has 0 aliphatic rings. The Labute approximate surface area is 532 Å². The fraction of sp³-hybridized carbons (Fsp3) is 0. The number of furan rings is 3. The summed E-state index contributed by atoms with van der Waals surface area (Å²) in [5.74, 6) is 1.87. The van der Waals surface area contributed by atoms with Crippen LogP contribution in [0.15, 0.2) is 13.3 Å². The zero-order chi connectivity index (χ0) is 62.7. The zero-order valence-corrected chi connectivity index (χ0v) is 57.1. The van der Waals surface area contributed by atoms with Gasteiger partial charge in [-0.05, 0) is 22.2 Å². The van der Waals surface area contributed by atoms with E-state index in [0.717, 1.165) is 105 Å². The topological polar surface area (TPSA) is 78.1 Å². The number of benzene rings is 8. The largest absolute Gasteiger partial charge is 0.457 e. The predicted molar refractivity (Wildman–Crippen MR) is 466 cm³/mol. The van der Waals surface area contributed by atoms with Crippen LogP contribution in [0.2, 0.25) is 0 Å². The fourth-order valence-corrected chi connectivity index (χ4v) is 15.6. The summed E-state index contributed by atoms with van der Waals surface area (Å²) in [7, 11) is 65.5. The monoisotopic (exact) mass is 1080 g/mol. The van der Waals surface area contributed by atoms with Crippen molar-refractivity contribution in [1.82, 2.24) is 15.0 Å². The van der Waals surface area contributed by atoms with Crippen LogP contribution in [0, 0.1) is 0 Å². The smallest absolute Gasteiger partial charge is 0.167 e. The van der Waals surface area contributed by atoms with Crippen LogP contribution in [0.1, 0.15) is 0 Å². The van der Waals surface area contributed by atoms with Gasteiger partial charge in [-0.2, -0.15) is 0 Å². The first-order valence-electron chi connectivity index (χ1n) is 31.1. The van der Waals surface area contributed by atoms with Crippen LogP contribution >= 0.6 is 0 Å². The van der Waals surface area contributed by atoms with E-state index < -0.39 is 0 Å². The standard InChI is InChI=1S/C51H58B29N3O3/c52-14-1(2-6-20(58)31(69)38(76)41(79)47(6)84-43(2)8(18(14)56)5-16(54)29(67)36(74)30(68)17(5)55)4-15(53)19(57)10-9-22(60)28(66)26(64)13(44(9)85-46(10)27(4)65)51-82-49(81-50(83-51)12-24(62)33(71)37(75)34(72)25(12)63)11-3-7-21(59)32(70)39(77)42(80)48(7)86-45(3)40(78)35(73)23(11)61/h52-80H2. The van der Waals surface area contributed by atoms with Crippen molar-refractivity contribution in [2.24, 2.45) is 0 Å². The molecule has 0 aliphatic heterocycles. The molecule has 0 N–H and O–H groups in total. The van der Waals surface area contributed by atoms with Gasteiger partial charge in [-0.3, -0.25) is 0 Å². The Kier molecular flexibility index (Phi) is 14.4. The molecule has 0 saturated carbocycles. The highest BCUT2D eigenvalue weighted by Crippen LogP contribution is 2.39. The second kappa shape index (κ2) is 20.6. The number of hydrogen-bond donors (Lipinski definition) is 0. The van der Waals surface area contributed by atoms with E-state index in [1.54, 1.807) is 0 Å². The Morgan fingerprint density at radius 3 is 0.814 bits per heavy atom. The van der Waals surface area contributed by atoms with Gasteiger partial charge in [-0.1, -0.05) is 109 Å². The molecule has 12 rings (SSSR count). The summed E-state index contributed by atoms with van der Waals surface area (Å²) in [5, 5.41) is 6.79. The zero-order valence-electron chi connectivity index (χ0n) is 57.1. The first-order valence-corrected chi connectivity index (χ1v) is 31.1. The summed E-state index contributed by atoms with van der Waals surface area (Å²) in [6.45, 7) is 0. The molecule has 0 aliphatic carbocycles. The van der Waals surface area contributed by atoms with Crippen LogP contribution < -0.4 is 158 Å². The molecule has 8 aromatic carbocycles. The Hall–Kier alpha value is -5.95. The maximum absolute atomic E-state index is 7.76. The Bertz CT molecular complexity index is 5190. The Balaban J connectivity index is 1.24. The average Bonchev–Trinajstić information content (AvgIpc) is 1.59. The van der Waals surface area contributed by atoms with Gasteiger partial charge in [-0.15, -0.1) is 43.7 Å². The molecule has 0 amide bonds. The van der Waals surface area contributed by atoms with Gasteiger partial charge in [0, 0.05) is 49.0 Å². The number of fused-ring (bicyclic) bond motifs is 9. The Morgan fingerprint density at radius 1 is 0.140 bits per heavy atom. The molecule has 12 aromatic rings. The molecule has 0 radical (unpaired) electrons. The van der Waals surface area contributed by atoms with E-state index in [1.807, 2.05) is 0 Å². The van der Waals surface area contributed by atoms with Crippen molar-refractivity contribution >= 4 is 452 Å².